The molecule has 0 radical (unpaired) electrons. The third kappa shape index (κ3) is 3.22. The Morgan fingerprint density at radius 3 is 2.72 bits per heavy atom. The lowest BCUT2D eigenvalue weighted by Crippen LogP contribution is -2.59. The van der Waals surface area contributed by atoms with Gasteiger partial charge < -0.3 is 9.64 Å². The summed E-state index contributed by atoms with van der Waals surface area (Å²) in [6.07, 6.45) is 1.20. The van der Waals surface area contributed by atoms with Gasteiger partial charge in [-0.2, -0.15) is 4.52 Å². The number of anilines is 1. The van der Waals surface area contributed by atoms with Gasteiger partial charge in [-0.3, -0.25) is 4.90 Å². The van der Waals surface area contributed by atoms with Crippen molar-refractivity contribution in [2.45, 2.75) is 38.6 Å². The zero-order chi connectivity index (χ0) is 17.6. The fourth-order valence-corrected chi connectivity index (χ4v) is 3.62. The van der Waals surface area contributed by atoms with Gasteiger partial charge >= 0.3 is 0 Å². The summed E-state index contributed by atoms with van der Waals surface area (Å²) in [5.74, 6) is 2.60. The highest BCUT2D eigenvalue weighted by Gasteiger charge is 2.33. The molecule has 2 aliphatic rings. The number of hydrogen-bond acceptors (Lipinski definition) is 6. The summed E-state index contributed by atoms with van der Waals surface area (Å²) < 4.78 is 7.38. The van der Waals surface area contributed by atoms with Crippen molar-refractivity contribution in [1.82, 2.24) is 24.7 Å². The Morgan fingerprint density at radius 2 is 2.04 bits per heavy atom. The molecule has 4 rings (SSSR count). The molecule has 136 valence electrons. The topological polar surface area (TPSA) is 58.8 Å². The van der Waals surface area contributed by atoms with Gasteiger partial charge in [-0.1, -0.05) is 20.8 Å². The van der Waals surface area contributed by atoms with Crippen molar-refractivity contribution in [2.75, 3.05) is 44.8 Å². The summed E-state index contributed by atoms with van der Waals surface area (Å²) in [6.45, 7) is 11.4. The summed E-state index contributed by atoms with van der Waals surface area (Å²) in [4.78, 5) is 4.81. The summed E-state index contributed by atoms with van der Waals surface area (Å²) in [6, 6.07) is 4.66. The van der Waals surface area contributed by atoms with Gasteiger partial charge in [-0.05, 0) is 31.5 Å². The van der Waals surface area contributed by atoms with E-state index in [9.17, 15) is 0 Å². The van der Waals surface area contributed by atoms with Gasteiger partial charge in [0, 0.05) is 37.7 Å². The Bertz CT molecular complexity index is 740. The maximum absolute atomic E-state index is 5.49. The molecule has 0 amide bonds. The van der Waals surface area contributed by atoms with Crippen LogP contribution in [0, 0.1) is 5.92 Å². The molecule has 0 aromatic carbocycles. The highest BCUT2D eigenvalue weighted by atomic mass is 16.5. The number of aromatic nitrogens is 4. The van der Waals surface area contributed by atoms with Crippen LogP contribution in [0.1, 0.15) is 33.0 Å². The quantitative estimate of drug-likeness (QED) is 0.839. The molecule has 1 atom stereocenters. The lowest BCUT2D eigenvalue weighted by atomic mass is 9.96. The molecule has 0 spiro atoms. The van der Waals surface area contributed by atoms with E-state index in [1.54, 1.807) is 0 Å². The first kappa shape index (κ1) is 16.7. The van der Waals surface area contributed by atoms with Crippen LogP contribution in [0.15, 0.2) is 12.1 Å². The molecule has 7 nitrogen and oxygen atoms in total. The number of likely N-dealkylation sites (N-methyl/N-ethyl adjacent to an activating group) is 1. The molecule has 2 aliphatic heterocycles. The fourth-order valence-electron chi connectivity index (χ4n) is 3.62. The number of rotatable bonds is 4. The van der Waals surface area contributed by atoms with E-state index in [2.05, 4.69) is 53.9 Å². The molecule has 4 heterocycles. The van der Waals surface area contributed by atoms with Crippen molar-refractivity contribution < 1.29 is 4.74 Å². The Morgan fingerprint density at radius 1 is 1.24 bits per heavy atom. The van der Waals surface area contributed by atoms with Gasteiger partial charge in [0.05, 0.1) is 6.61 Å². The van der Waals surface area contributed by atoms with E-state index in [1.807, 2.05) is 10.6 Å². The average Bonchev–Trinajstić information content (AvgIpc) is 3.13. The van der Waals surface area contributed by atoms with Crippen molar-refractivity contribution in [2.24, 2.45) is 5.92 Å². The van der Waals surface area contributed by atoms with Gasteiger partial charge in [0.25, 0.3) is 0 Å². The normalized spacial score (nSPS) is 22.1. The van der Waals surface area contributed by atoms with Crippen molar-refractivity contribution in [3.63, 3.8) is 0 Å². The molecule has 2 saturated heterocycles. The Kier molecular flexibility index (Phi) is 4.16. The molecule has 2 aromatic rings. The van der Waals surface area contributed by atoms with Crippen LogP contribution >= 0.6 is 0 Å². The predicted octanol–water partition coefficient (Wildman–Crippen LogP) is 1.58. The zero-order valence-electron chi connectivity index (χ0n) is 15.6. The van der Waals surface area contributed by atoms with Crippen LogP contribution in [-0.2, 0) is 10.2 Å². The van der Waals surface area contributed by atoms with Gasteiger partial charge in [0.15, 0.2) is 11.5 Å². The Hall–Kier alpha value is -1.73. The second kappa shape index (κ2) is 6.21. The first-order valence-corrected chi connectivity index (χ1v) is 9.18. The average molecular weight is 344 g/mol. The third-order valence-corrected chi connectivity index (χ3v) is 5.30. The summed E-state index contributed by atoms with van der Waals surface area (Å²) in [7, 11) is 2.23. The van der Waals surface area contributed by atoms with Gasteiger partial charge in [0.1, 0.15) is 5.82 Å². The van der Waals surface area contributed by atoms with Crippen molar-refractivity contribution in [1.29, 1.82) is 0 Å². The van der Waals surface area contributed by atoms with Crippen LogP contribution in [0.4, 0.5) is 5.82 Å². The standard InChI is InChI=1S/C18H28N6O/c1-18(2,3)17-20-19-15-5-6-16(21-24(15)17)23-10-14(11-23)22(4)9-13-7-8-25-12-13/h5-6,13-14H,7-12H2,1-4H3. The molecule has 7 heteroatoms. The van der Waals surface area contributed by atoms with Gasteiger partial charge in [-0.25, -0.2) is 0 Å². The SMILES string of the molecule is CN(CC1CCOC1)C1CN(c2ccc3nnc(C(C)(C)C)n3n2)C1. The minimum absolute atomic E-state index is 0.0773. The number of fused-ring (bicyclic) bond motifs is 1. The van der Waals surface area contributed by atoms with Crippen LogP contribution < -0.4 is 4.90 Å². The molecule has 2 fully saturated rings. The van der Waals surface area contributed by atoms with Crippen LogP contribution in [0.2, 0.25) is 0 Å². The Balaban J connectivity index is 1.43. The fraction of sp³-hybridized carbons (Fsp3) is 0.722. The van der Waals surface area contributed by atoms with Gasteiger partial charge in [-0.15, -0.1) is 15.3 Å². The smallest absolute Gasteiger partial charge is 0.178 e. The highest BCUT2D eigenvalue weighted by Crippen LogP contribution is 2.25. The lowest BCUT2D eigenvalue weighted by Gasteiger charge is -2.45. The summed E-state index contributed by atoms with van der Waals surface area (Å²) in [5.41, 5.74) is 0.732. The molecule has 2 aromatic heterocycles. The summed E-state index contributed by atoms with van der Waals surface area (Å²) >= 11 is 0. The minimum atomic E-state index is -0.0773. The zero-order valence-corrected chi connectivity index (χ0v) is 15.6. The molecule has 25 heavy (non-hydrogen) atoms. The van der Waals surface area contributed by atoms with E-state index >= 15 is 0 Å². The lowest BCUT2D eigenvalue weighted by molar-refractivity contribution is 0.149. The molecule has 0 saturated carbocycles. The van der Waals surface area contributed by atoms with Crippen molar-refractivity contribution in [3.05, 3.63) is 18.0 Å². The summed E-state index contributed by atoms with van der Waals surface area (Å²) in [5, 5.41) is 13.4. The third-order valence-electron chi connectivity index (χ3n) is 5.30. The number of hydrogen-bond donors (Lipinski definition) is 0. The Labute approximate surface area is 149 Å². The first-order valence-electron chi connectivity index (χ1n) is 9.18. The van der Waals surface area contributed by atoms with Crippen LogP contribution in [-0.4, -0.2) is 70.6 Å². The maximum atomic E-state index is 5.49. The van der Waals surface area contributed by atoms with Gasteiger partial charge in [0.2, 0.25) is 0 Å². The molecular formula is C18H28N6O. The van der Waals surface area contributed by atoms with E-state index in [0.29, 0.717) is 12.0 Å². The van der Waals surface area contributed by atoms with E-state index in [-0.39, 0.29) is 5.41 Å². The van der Waals surface area contributed by atoms with Crippen molar-refractivity contribution in [3.8, 4) is 0 Å². The molecule has 1 unspecified atom stereocenters. The second-order valence-electron chi connectivity index (χ2n) is 8.46. The van der Waals surface area contributed by atoms with E-state index in [0.717, 1.165) is 50.1 Å². The maximum Gasteiger partial charge on any atom is 0.178 e. The molecule has 0 bridgehead atoms. The van der Waals surface area contributed by atoms with E-state index in [4.69, 9.17) is 9.84 Å². The van der Waals surface area contributed by atoms with Crippen LogP contribution in [0.25, 0.3) is 5.65 Å². The second-order valence-corrected chi connectivity index (χ2v) is 8.46. The highest BCUT2D eigenvalue weighted by molar-refractivity contribution is 5.48. The molecule has 0 N–H and O–H groups in total. The van der Waals surface area contributed by atoms with Crippen LogP contribution in [0.3, 0.4) is 0 Å². The number of nitrogens with zero attached hydrogens (tertiary/aromatic N) is 6. The van der Waals surface area contributed by atoms with E-state index < -0.39 is 0 Å². The number of ether oxygens (including phenoxy) is 1. The van der Waals surface area contributed by atoms with Crippen LogP contribution in [0.5, 0.6) is 0 Å². The van der Waals surface area contributed by atoms with E-state index in [1.165, 1.54) is 6.42 Å². The van der Waals surface area contributed by atoms with Crippen molar-refractivity contribution >= 4 is 11.5 Å². The predicted molar refractivity (Wildman–Crippen MR) is 97.0 cm³/mol. The largest absolute Gasteiger partial charge is 0.381 e. The monoisotopic (exact) mass is 344 g/mol. The minimum Gasteiger partial charge on any atom is -0.381 e. The molecule has 0 aliphatic carbocycles. The first-order chi connectivity index (χ1) is 11.9. The molecular weight excluding hydrogens is 316 g/mol.